The third-order valence-electron chi connectivity index (χ3n) is 5.74. The van der Waals surface area contributed by atoms with Gasteiger partial charge in [0.25, 0.3) is 0 Å². The van der Waals surface area contributed by atoms with E-state index in [0.717, 1.165) is 55.2 Å². The Kier molecular flexibility index (Phi) is 6.78. The van der Waals surface area contributed by atoms with Gasteiger partial charge >= 0.3 is 12.2 Å². The van der Waals surface area contributed by atoms with Crippen LogP contribution >= 0.6 is 0 Å². The first-order valence-corrected chi connectivity index (χ1v) is 11.6. The molecule has 37 heavy (non-hydrogen) atoms. The first-order chi connectivity index (χ1) is 17.8. The molecule has 3 N–H and O–H groups in total. The van der Waals surface area contributed by atoms with Gasteiger partial charge in [-0.2, -0.15) is 13.2 Å². The van der Waals surface area contributed by atoms with Crippen molar-refractivity contribution in [2.75, 3.05) is 41.7 Å². The van der Waals surface area contributed by atoms with E-state index in [0.29, 0.717) is 17.2 Å². The number of nitrogens with one attached hydrogen (secondary N) is 3. The number of urea groups is 1. The second-order valence-electron chi connectivity index (χ2n) is 8.40. The Morgan fingerprint density at radius 2 is 1.62 bits per heavy atom. The predicted molar refractivity (Wildman–Crippen MR) is 135 cm³/mol. The summed E-state index contributed by atoms with van der Waals surface area (Å²) >= 11 is 0. The molecule has 0 radical (unpaired) electrons. The zero-order chi connectivity index (χ0) is 25.8. The zero-order valence-corrected chi connectivity index (χ0v) is 19.5. The van der Waals surface area contributed by atoms with Crippen molar-refractivity contribution in [2.24, 2.45) is 0 Å². The number of nitrogens with zero attached hydrogens (tertiary/aromatic N) is 3. The van der Waals surface area contributed by atoms with Gasteiger partial charge in [-0.15, -0.1) is 0 Å². The van der Waals surface area contributed by atoms with Crippen molar-refractivity contribution in [1.29, 1.82) is 0 Å². The number of amides is 2. The fourth-order valence-corrected chi connectivity index (χ4v) is 3.90. The summed E-state index contributed by atoms with van der Waals surface area (Å²) < 4.78 is 44.5. The maximum atomic E-state index is 12.9. The van der Waals surface area contributed by atoms with Crippen molar-refractivity contribution in [3.05, 3.63) is 78.5 Å². The van der Waals surface area contributed by atoms with E-state index in [1.807, 2.05) is 12.1 Å². The molecule has 4 aromatic rings. The van der Waals surface area contributed by atoms with E-state index in [1.165, 1.54) is 12.1 Å². The second kappa shape index (κ2) is 10.3. The van der Waals surface area contributed by atoms with Crippen molar-refractivity contribution in [2.45, 2.75) is 6.18 Å². The number of ether oxygens (including phenoxy) is 1. The van der Waals surface area contributed by atoms with Crippen LogP contribution in [-0.4, -0.2) is 42.2 Å². The molecular formula is C26H23F3N6O2. The number of hydrogen-bond donors (Lipinski definition) is 3. The Hall–Kier alpha value is -4.38. The van der Waals surface area contributed by atoms with Crippen LogP contribution in [0, 0.1) is 0 Å². The minimum atomic E-state index is -4.49. The predicted octanol–water partition coefficient (Wildman–Crippen LogP) is 5.49. The molecule has 1 aliphatic heterocycles. The highest BCUT2D eigenvalue weighted by Crippen LogP contribution is 2.31. The number of hydrogen-bond acceptors (Lipinski definition) is 6. The van der Waals surface area contributed by atoms with E-state index in [9.17, 15) is 18.0 Å². The van der Waals surface area contributed by atoms with Gasteiger partial charge in [0.2, 0.25) is 0 Å². The molecule has 0 spiro atoms. The molecule has 1 aliphatic rings. The second-order valence-corrected chi connectivity index (χ2v) is 8.40. The molecule has 1 fully saturated rings. The number of carbonyl (C=O) groups is 1. The number of anilines is 3. The molecule has 0 unspecified atom stereocenters. The number of piperazine rings is 1. The largest absolute Gasteiger partial charge is 0.457 e. The first kappa shape index (κ1) is 24.3. The summed E-state index contributed by atoms with van der Waals surface area (Å²) in [7, 11) is 0. The van der Waals surface area contributed by atoms with E-state index >= 15 is 0 Å². The molecule has 0 bridgehead atoms. The Bertz CT molecular complexity index is 1410. The van der Waals surface area contributed by atoms with Crippen LogP contribution in [0.4, 0.5) is 35.2 Å². The van der Waals surface area contributed by atoms with Gasteiger partial charge in [0.1, 0.15) is 17.3 Å². The highest BCUT2D eigenvalue weighted by atomic mass is 19.4. The van der Waals surface area contributed by atoms with Crippen LogP contribution in [0.15, 0.2) is 72.9 Å². The monoisotopic (exact) mass is 508 g/mol. The highest BCUT2D eigenvalue weighted by Gasteiger charge is 2.30. The standard InChI is InChI=1S/C26H23F3N6O2/c27-26(28,29)17-2-1-3-19(14-17)33-25(36)32-18-4-6-20(7-5-18)37-21-8-9-22-23(15-21)34-24(16-31-22)35-12-10-30-11-13-35/h1-9,14-16,30H,10-13H2,(H2,32,33,36). The van der Waals surface area contributed by atoms with Gasteiger partial charge in [0, 0.05) is 43.6 Å². The van der Waals surface area contributed by atoms with Crippen LogP contribution < -0.4 is 25.6 Å². The van der Waals surface area contributed by atoms with Crippen LogP contribution in [0.25, 0.3) is 11.0 Å². The number of benzene rings is 3. The summed E-state index contributed by atoms with van der Waals surface area (Å²) in [4.78, 5) is 23.7. The minimum Gasteiger partial charge on any atom is -0.457 e. The van der Waals surface area contributed by atoms with Gasteiger partial charge in [-0.25, -0.2) is 9.78 Å². The van der Waals surface area contributed by atoms with E-state index in [4.69, 9.17) is 9.72 Å². The molecule has 2 heterocycles. The Labute approximate surface area is 210 Å². The van der Waals surface area contributed by atoms with Crippen LogP contribution in [0.5, 0.6) is 11.5 Å². The SMILES string of the molecule is O=C(Nc1ccc(Oc2ccc3ncc(N4CCNCC4)nc3c2)cc1)Nc1cccc(C(F)(F)F)c1. The van der Waals surface area contributed by atoms with Crippen LogP contribution in [0.2, 0.25) is 0 Å². The lowest BCUT2D eigenvalue weighted by Gasteiger charge is -2.28. The fraction of sp³-hybridized carbons (Fsp3) is 0.192. The van der Waals surface area contributed by atoms with Crippen LogP contribution in [0.3, 0.4) is 0 Å². The van der Waals surface area contributed by atoms with Gasteiger partial charge in [0.05, 0.1) is 22.8 Å². The summed E-state index contributed by atoms with van der Waals surface area (Å²) in [5.74, 6) is 1.95. The number of rotatable bonds is 5. The summed E-state index contributed by atoms with van der Waals surface area (Å²) in [5, 5.41) is 8.30. The Morgan fingerprint density at radius 1 is 0.892 bits per heavy atom. The molecule has 0 aliphatic carbocycles. The van der Waals surface area contributed by atoms with E-state index < -0.39 is 17.8 Å². The normalized spacial score (nSPS) is 13.9. The quantitative estimate of drug-likeness (QED) is 0.330. The molecule has 8 nitrogen and oxygen atoms in total. The number of aromatic nitrogens is 2. The molecule has 5 rings (SSSR count). The van der Waals surface area contributed by atoms with Crippen molar-refractivity contribution >= 4 is 34.3 Å². The average molecular weight is 509 g/mol. The minimum absolute atomic E-state index is 0.0341. The number of alkyl halides is 3. The van der Waals surface area contributed by atoms with Crippen molar-refractivity contribution < 1.29 is 22.7 Å². The third kappa shape index (κ3) is 6.07. The van der Waals surface area contributed by atoms with Crippen molar-refractivity contribution in [3.8, 4) is 11.5 Å². The number of halogens is 3. The molecule has 190 valence electrons. The molecule has 1 aromatic heterocycles. The average Bonchev–Trinajstić information content (AvgIpc) is 2.89. The smallest absolute Gasteiger partial charge is 0.416 e. The fourth-order valence-electron chi connectivity index (χ4n) is 3.90. The topological polar surface area (TPSA) is 91.4 Å². The zero-order valence-electron chi connectivity index (χ0n) is 19.5. The summed E-state index contributed by atoms with van der Waals surface area (Å²) in [6, 6.07) is 15.8. The van der Waals surface area contributed by atoms with Crippen LogP contribution in [0.1, 0.15) is 5.56 Å². The lowest BCUT2D eigenvalue weighted by Crippen LogP contribution is -2.43. The number of fused-ring (bicyclic) bond motifs is 1. The number of carbonyl (C=O) groups excluding carboxylic acids is 1. The van der Waals surface area contributed by atoms with E-state index in [-0.39, 0.29) is 5.69 Å². The molecule has 2 amide bonds. The first-order valence-electron chi connectivity index (χ1n) is 11.6. The van der Waals surface area contributed by atoms with E-state index in [1.54, 1.807) is 36.5 Å². The van der Waals surface area contributed by atoms with Gasteiger partial charge in [-0.3, -0.25) is 4.98 Å². The van der Waals surface area contributed by atoms with Crippen molar-refractivity contribution in [1.82, 2.24) is 15.3 Å². The molecule has 3 aromatic carbocycles. The summed E-state index contributed by atoms with van der Waals surface area (Å²) in [5.41, 5.74) is 1.12. The van der Waals surface area contributed by atoms with Gasteiger partial charge in [0.15, 0.2) is 0 Å². The maximum absolute atomic E-state index is 12.9. The van der Waals surface area contributed by atoms with Gasteiger partial charge in [-0.05, 0) is 54.6 Å². The summed E-state index contributed by atoms with van der Waals surface area (Å²) in [6.45, 7) is 3.55. The molecule has 0 saturated carbocycles. The Morgan fingerprint density at radius 3 is 2.38 bits per heavy atom. The molecular weight excluding hydrogens is 485 g/mol. The van der Waals surface area contributed by atoms with Gasteiger partial charge in [-0.1, -0.05) is 6.07 Å². The van der Waals surface area contributed by atoms with Gasteiger partial charge < -0.3 is 25.6 Å². The maximum Gasteiger partial charge on any atom is 0.416 e. The lowest BCUT2D eigenvalue weighted by molar-refractivity contribution is -0.137. The van der Waals surface area contributed by atoms with Crippen LogP contribution in [-0.2, 0) is 6.18 Å². The summed E-state index contributed by atoms with van der Waals surface area (Å²) in [6.07, 6.45) is -2.71. The molecule has 11 heteroatoms. The Balaban J connectivity index is 1.22. The molecule has 0 atom stereocenters. The highest BCUT2D eigenvalue weighted by molar-refractivity contribution is 5.99. The lowest BCUT2D eigenvalue weighted by atomic mass is 10.2. The third-order valence-corrected chi connectivity index (χ3v) is 5.74. The molecule has 1 saturated heterocycles. The van der Waals surface area contributed by atoms with Crippen molar-refractivity contribution in [3.63, 3.8) is 0 Å². The van der Waals surface area contributed by atoms with E-state index in [2.05, 4.69) is 25.8 Å².